The molecule has 7 nitrogen and oxygen atoms in total. The zero-order valence-corrected chi connectivity index (χ0v) is 11.8. The van der Waals surface area contributed by atoms with Gasteiger partial charge in [-0.25, -0.2) is 4.79 Å². The van der Waals surface area contributed by atoms with Gasteiger partial charge < -0.3 is 15.5 Å². The van der Waals surface area contributed by atoms with Crippen LogP contribution in [0.3, 0.4) is 0 Å². The number of carboxylic acids is 1. The molecule has 1 aromatic carbocycles. The zero-order valence-electron chi connectivity index (χ0n) is 11.8. The first-order chi connectivity index (χ1) is 8.95. The summed E-state index contributed by atoms with van der Waals surface area (Å²) in [6.45, 7) is 6.72. The van der Waals surface area contributed by atoms with E-state index in [2.05, 4.69) is 5.32 Å². The molecular formula is C13H18N2O5. The van der Waals surface area contributed by atoms with Crippen LogP contribution in [-0.2, 0) is 0 Å². The van der Waals surface area contributed by atoms with Crippen molar-refractivity contribution < 1.29 is 19.9 Å². The van der Waals surface area contributed by atoms with Crippen LogP contribution >= 0.6 is 0 Å². The summed E-state index contributed by atoms with van der Waals surface area (Å²) < 4.78 is 0. The van der Waals surface area contributed by atoms with Gasteiger partial charge in [0.25, 0.3) is 5.69 Å². The molecule has 0 unspecified atom stereocenters. The number of nitrogens with zero attached hydrogens (tertiary/aromatic N) is 1. The van der Waals surface area contributed by atoms with E-state index in [0.29, 0.717) is 5.69 Å². The molecule has 0 heterocycles. The topological polar surface area (TPSA) is 113 Å². The first-order valence-corrected chi connectivity index (χ1v) is 5.98. The average Bonchev–Trinajstić information content (AvgIpc) is 2.26. The second-order valence-electron chi connectivity index (χ2n) is 5.60. The fourth-order valence-corrected chi connectivity index (χ4v) is 1.46. The Bertz CT molecular complexity index is 546. The van der Waals surface area contributed by atoms with Gasteiger partial charge in [-0.3, -0.25) is 10.1 Å². The third-order valence-corrected chi connectivity index (χ3v) is 3.41. The molecule has 110 valence electrons. The predicted octanol–water partition coefficient (Wildman–Crippen LogP) is 2.25. The van der Waals surface area contributed by atoms with Gasteiger partial charge in [-0.2, -0.15) is 0 Å². The number of aromatic carboxylic acids is 1. The summed E-state index contributed by atoms with van der Waals surface area (Å²) in [4.78, 5) is 21.1. The second-order valence-corrected chi connectivity index (χ2v) is 5.60. The summed E-state index contributed by atoms with van der Waals surface area (Å²) in [6.07, 6.45) is 0. The molecule has 20 heavy (non-hydrogen) atoms. The molecule has 0 amide bonds. The fourth-order valence-electron chi connectivity index (χ4n) is 1.46. The van der Waals surface area contributed by atoms with E-state index in [4.69, 9.17) is 5.11 Å². The maximum Gasteiger partial charge on any atom is 0.342 e. The number of hydrogen-bond donors (Lipinski definition) is 3. The van der Waals surface area contributed by atoms with E-state index < -0.39 is 33.3 Å². The molecule has 7 heteroatoms. The Hall–Kier alpha value is -2.15. The number of nitrogens with one attached hydrogen (secondary N) is 1. The molecule has 1 rings (SSSR count). The number of anilines is 1. The van der Waals surface area contributed by atoms with Gasteiger partial charge in [-0.15, -0.1) is 0 Å². The van der Waals surface area contributed by atoms with Gasteiger partial charge in [-0.1, -0.05) is 0 Å². The highest BCUT2D eigenvalue weighted by atomic mass is 16.6. The van der Waals surface area contributed by atoms with Crippen molar-refractivity contribution in [1.29, 1.82) is 0 Å². The number of hydrogen-bond acceptors (Lipinski definition) is 5. The van der Waals surface area contributed by atoms with Crippen molar-refractivity contribution >= 4 is 17.3 Å². The van der Waals surface area contributed by atoms with Crippen LogP contribution in [0.25, 0.3) is 0 Å². The van der Waals surface area contributed by atoms with Crippen molar-refractivity contribution in [2.45, 2.75) is 38.8 Å². The van der Waals surface area contributed by atoms with E-state index in [1.165, 1.54) is 12.1 Å². The number of carboxylic acid groups (broad SMARTS) is 1. The number of benzene rings is 1. The van der Waals surface area contributed by atoms with Crippen LogP contribution < -0.4 is 5.32 Å². The Morgan fingerprint density at radius 1 is 1.30 bits per heavy atom. The number of rotatable bonds is 5. The minimum atomic E-state index is -1.37. The lowest BCUT2D eigenvalue weighted by Crippen LogP contribution is -2.51. The normalized spacial score (nSPS) is 12.1. The number of nitro benzene ring substituents is 1. The number of nitro groups is 1. The first-order valence-electron chi connectivity index (χ1n) is 5.98. The molecule has 0 atom stereocenters. The van der Waals surface area contributed by atoms with E-state index in [1.807, 2.05) is 0 Å². The summed E-state index contributed by atoms with van der Waals surface area (Å²) in [5.41, 5.74) is -2.30. The maximum atomic E-state index is 11.1. The third-order valence-electron chi connectivity index (χ3n) is 3.41. The van der Waals surface area contributed by atoms with Gasteiger partial charge in [0.15, 0.2) is 0 Å². The van der Waals surface area contributed by atoms with Gasteiger partial charge in [0.2, 0.25) is 0 Å². The summed E-state index contributed by atoms with van der Waals surface area (Å²) >= 11 is 0. The highest BCUT2D eigenvalue weighted by Gasteiger charge is 2.35. The molecule has 0 radical (unpaired) electrons. The van der Waals surface area contributed by atoms with Crippen LogP contribution in [0, 0.1) is 10.1 Å². The van der Waals surface area contributed by atoms with Crippen LogP contribution in [0.2, 0.25) is 0 Å². The van der Waals surface area contributed by atoms with Crippen LogP contribution in [0.15, 0.2) is 18.2 Å². The monoisotopic (exact) mass is 282 g/mol. The van der Waals surface area contributed by atoms with E-state index in [-0.39, 0.29) is 0 Å². The lowest BCUT2D eigenvalue weighted by Gasteiger charge is -2.38. The Balaban J connectivity index is 3.20. The van der Waals surface area contributed by atoms with Crippen molar-refractivity contribution in [2.24, 2.45) is 0 Å². The Labute approximate surface area is 116 Å². The molecule has 0 saturated heterocycles. The van der Waals surface area contributed by atoms with Gasteiger partial charge >= 0.3 is 5.97 Å². The van der Waals surface area contributed by atoms with Crippen molar-refractivity contribution in [3.63, 3.8) is 0 Å². The second kappa shape index (κ2) is 5.09. The first kappa shape index (κ1) is 15.9. The lowest BCUT2D eigenvalue weighted by molar-refractivity contribution is -0.385. The smallest absolute Gasteiger partial charge is 0.342 e. The van der Waals surface area contributed by atoms with Crippen LogP contribution in [0.5, 0.6) is 0 Å². The maximum absolute atomic E-state index is 11.1. The average molecular weight is 282 g/mol. The molecule has 3 N–H and O–H groups in total. The SMILES string of the molecule is CC(C)(O)C(C)(C)Nc1ccc([N+](=O)[O-])c(C(=O)O)c1. The van der Waals surface area contributed by atoms with E-state index in [9.17, 15) is 20.0 Å². The van der Waals surface area contributed by atoms with Crippen molar-refractivity contribution in [3.8, 4) is 0 Å². The number of carbonyl (C=O) groups is 1. The molecule has 0 spiro atoms. The summed E-state index contributed by atoms with van der Waals surface area (Å²) in [6, 6.07) is 3.73. The molecule has 0 aliphatic rings. The highest BCUT2D eigenvalue weighted by Crippen LogP contribution is 2.29. The molecule has 0 aliphatic heterocycles. The number of aliphatic hydroxyl groups is 1. The van der Waals surface area contributed by atoms with E-state index in [1.54, 1.807) is 27.7 Å². The van der Waals surface area contributed by atoms with Crippen LogP contribution in [0.1, 0.15) is 38.1 Å². The largest absolute Gasteiger partial charge is 0.477 e. The van der Waals surface area contributed by atoms with Gasteiger partial charge in [0.1, 0.15) is 5.56 Å². The molecule has 0 aliphatic carbocycles. The van der Waals surface area contributed by atoms with Crippen LogP contribution in [-0.4, -0.2) is 32.2 Å². The fraction of sp³-hybridized carbons (Fsp3) is 0.462. The molecule has 0 aromatic heterocycles. The predicted molar refractivity (Wildman–Crippen MR) is 74.1 cm³/mol. The molecule has 0 fully saturated rings. The third kappa shape index (κ3) is 3.24. The Morgan fingerprint density at radius 2 is 1.85 bits per heavy atom. The van der Waals surface area contributed by atoms with E-state index >= 15 is 0 Å². The van der Waals surface area contributed by atoms with Crippen molar-refractivity contribution in [1.82, 2.24) is 0 Å². The minimum absolute atomic E-state index is 0.389. The Morgan fingerprint density at radius 3 is 2.25 bits per heavy atom. The lowest BCUT2D eigenvalue weighted by atomic mass is 9.85. The minimum Gasteiger partial charge on any atom is -0.477 e. The van der Waals surface area contributed by atoms with Crippen molar-refractivity contribution in [3.05, 3.63) is 33.9 Å². The molecule has 0 saturated carbocycles. The van der Waals surface area contributed by atoms with Crippen LogP contribution in [0.4, 0.5) is 11.4 Å². The van der Waals surface area contributed by atoms with E-state index in [0.717, 1.165) is 6.07 Å². The standard InChI is InChI=1S/C13H18N2O5/c1-12(2,13(3,4)18)14-8-5-6-10(15(19)20)9(7-8)11(16)17/h5-7,14,18H,1-4H3,(H,16,17). The summed E-state index contributed by atoms with van der Waals surface area (Å²) in [5, 5.41) is 32.8. The summed E-state index contributed by atoms with van der Waals surface area (Å²) in [5.74, 6) is -1.37. The molecule has 1 aromatic rings. The van der Waals surface area contributed by atoms with Gasteiger partial charge in [-0.05, 0) is 39.8 Å². The summed E-state index contributed by atoms with van der Waals surface area (Å²) in [7, 11) is 0. The Kier molecular flexibility index (Phi) is 4.04. The van der Waals surface area contributed by atoms with Crippen molar-refractivity contribution in [2.75, 3.05) is 5.32 Å². The zero-order chi connectivity index (χ0) is 15.7. The molecular weight excluding hydrogens is 264 g/mol. The highest BCUT2D eigenvalue weighted by molar-refractivity contribution is 5.93. The van der Waals surface area contributed by atoms with Gasteiger partial charge in [0.05, 0.1) is 16.1 Å². The molecule has 0 bridgehead atoms. The quantitative estimate of drug-likeness (QED) is 0.564. The van der Waals surface area contributed by atoms with Gasteiger partial charge in [0, 0.05) is 11.8 Å².